The van der Waals surface area contributed by atoms with E-state index in [4.69, 9.17) is 5.73 Å². The van der Waals surface area contributed by atoms with Crippen molar-refractivity contribution in [1.29, 1.82) is 0 Å². The minimum Gasteiger partial charge on any atom is -0.352 e. The maximum Gasteiger partial charge on any atom is 0.251 e. The Bertz CT molecular complexity index is 509. The highest BCUT2D eigenvalue weighted by Crippen LogP contribution is 2.08. The van der Waals surface area contributed by atoms with Gasteiger partial charge in [0.15, 0.2) is 0 Å². The smallest absolute Gasteiger partial charge is 0.251 e. The molecule has 1 aromatic carbocycles. The van der Waals surface area contributed by atoms with E-state index in [1.807, 2.05) is 12.1 Å². The number of aromatic nitrogens is 3. The Hall–Kier alpha value is -2.21. The minimum atomic E-state index is -0.106. The second-order valence-electron chi connectivity index (χ2n) is 3.79. The standard InChI is InChI=1S/C12H15N5O/c13-5-2-6-15-12(18)10-3-1-4-11(7-10)17-9-14-8-16-17/h1,3-4,7-9H,2,5-6,13H2,(H,15,18). The summed E-state index contributed by atoms with van der Waals surface area (Å²) in [5.41, 5.74) is 6.77. The molecule has 0 spiro atoms. The summed E-state index contributed by atoms with van der Waals surface area (Å²) < 4.78 is 1.61. The topological polar surface area (TPSA) is 85.8 Å². The molecule has 0 radical (unpaired) electrons. The van der Waals surface area contributed by atoms with E-state index in [9.17, 15) is 4.79 Å². The van der Waals surface area contributed by atoms with Gasteiger partial charge in [0.1, 0.15) is 12.7 Å². The van der Waals surface area contributed by atoms with Crippen LogP contribution in [-0.2, 0) is 0 Å². The van der Waals surface area contributed by atoms with E-state index in [-0.39, 0.29) is 5.91 Å². The molecule has 0 bridgehead atoms. The molecule has 0 aliphatic carbocycles. The Labute approximate surface area is 105 Å². The lowest BCUT2D eigenvalue weighted by Crippen LogP contribution is -2.26. The van der Waals surface area contributed by atoms with Gasteiger partial charge in [0.2, 0.25) is 0 Å². The van der Waals surface area contributed by atoms with E-state index >= 15 is 0 Å². The lowest BCUT2D eigenvalue weighted by atomic mass is 10.2. The van der Waals surface area contributed by atoms with Gasteiger partial charge >= 0.3 is 0 Å². The van der Waals surface area contributed by atoms with Crippen LogP contribution in [0.1, 0.15) is 16.8 Å². The summed E-state index contributed by atoms with van der Waals surface area (Å²) in [6, 6.07) is 7.21. The molecule has 1 aromatic heterocycles. The molecule has 6 nitrogen and oxygen atoms in total. The Balaban J connectivity index is 2.10. The van der Waals surface area contributed by atoms with Gasteiger partial charge in [-0.05, 0) is 31.2 Å². The summed E-state index contributed by atoms with van der Waals surface area (Å²) >= 11 is 0. The molecule has 3 N–H and O–H groups in total. The average Bonchev–Trinajstić information content (AvgIpc) is 2.93. The van der Waals surface area contributed by atoms with Crippen LogP contribution in [0.3, 0.4) is 0 Å². The Morgan fingerprint density at radius 3 is 3.06 bits per heavy atom. The van der Waals surface area contributed by atoms with Crippen LogP contribution < -0.4 is 11.1 Å². The molecule has 94 valence electrons. The quantitative estimate of drug-likeness (QED) is 0.744. The molecular weight excluding hydrogens is 230 g/mol. The molecular formula is C12H15N5O. The van der Waals surface area contributed by atoms with Crippen molar-refractivity contribution in [1.82, 2.24) is 20.1 Å². The van der Waals surface area contributed by atoms with Crippen LogP contribution >= 0.6 is 0 Å². The van der Waals surface area contributed by atoms with Crippen LogP contribution in [0.5, 0.6) is 0 Å². The highest BCUT2D eigenvalue weighted by atomic mass is 16.1. The van der Waals surface area contributed by atoms with Crippen molar-refractivity contribution in [3.05, 3.63) is 42.5 Å². The van der Waals surface area contributed by atoms with Gasteiger partial charge in [-0.25, -0.2) is 9.67 Å². The van der Waals surface area contributed by atoms with Gasteiger partial charge in [0.25, 0.3) is 5.91 Å². The molecule has 0 aliphatic heterocycles. The Morgan fingerprint density at radius 1 is 1.44 bits per heavy atom. The molecule has 1 amide bonds. The van der Waals surface area contributed by atoms with Crippen molar-refractivity contribution >= 4 is 5.91 Å². The van der Waals surface area contributed by atoms with Crippen LogP contribution in [0.15, 0.2) is 36.9 Å². The number of benzene rings is 1. The maximum atomic E-state index is 11.8. The van der Waals surface area contributed by atoms with Gasteiger partial charge in [0, 0.05) is 12.1 Å². The molecule has 18 heavy (non-hydrogen) atoms. The number of carbonyl (C=O) groups excluding carboxylic acids is 1. The van der Waals surface area contributed by atoms with E-state index in [1.54, 1.807) is 23.1 Å². The van der Waals surface area contributed by atoms with Gasteiger partial charge < -0.3 is 11.1 Å². The van der Waals surface area contributed by atoms with Gasteiger partial charge in [-0.2, -0.15) is 5.10 Å². The fourth-order valence-electron chi connectivity index (χ4n) is 1.54. The van der Waals surface area contributed by atoms with Gasteiger partial charge in [-0.3, -0.25) is 4.79 Å². The predicted octanol–water partition coefficient (Wildman–Crippen LogP) is 0.346. The molecule has 0 saturated heterocycles. The fourth-order valence-corrected chi connectivity index (χ4v) is 1.54. The molecule has 2 aromatic rings. The SMILES string of the molecule is NCCCNC(=O)c1cccc(-n2cncn2)c1. The van der Waals surface area contributed by atoms with Gasteiger partial charge in [-0.15, -0.1) is 0 Å². The first kappa shape index (κ1) is 12.3. The summed E-state index contributed by atoms with van der Waals surface area (Å²) in [6.07, 6.45) is 3.81. The fraction of sp³-hybridized carbons (Fsp3) is 0.250. The first-order valence-electron chi connectivity index (χ1n) is 5.74. The molecule has 1 heterocycles. The number of hydrogen-bond donors (Lipinski definition) is 2. The zero-order valence-corrected chi connectivity index (χ0v) is 9.91. The maximum absolute atomic E-state index is 11.8. The lowest BCUT2D eigenvalue weighted by molar-refractivity contribution is 0.0953. The number of amides is 1. The van der Waals surface area contributed by atoms with E-state index < -0.39 is 0 Å². The van der Waals surface area contributed by atoms with Crippen LogP contribution in [0.25, 0.3) is 5.69 Å². The first-order valence-corrected chi connectivity index (χ1v) is 5.74. The number of carbonyl (C=O) groups is 1. The Morgan fingerprint density at radius 2 is 2.33 bits per heavy atom. The second-order valence-corrected chi connectivity index (χ2v) is 3.79. The van der Waals surface area contributed by atoms with E-state index in [2.05, 4.69) is 15.4 Å². The summed E-state index contributed by atoms with van der Waals surface area (Å²) in [6.45, 7) is 1.15. The largest absolute Gasteiger partial charge is 0.352 e. The minimum absolute atomic E-state index is 0.106. The summed E-state index contributed by atoms with van der Waals surface area (Å²) in [5, 5.41) is 6.83. The third-order valence-corrected chi connectivity index (χ3v) is 2.46. The van der Waals surface area contributed by atoms with Crippen LogP contribution in [0, 0.1) is 0 Å². The zero-order chi connectivity index (χ0) is 12.8. The molecule has 0 aliphatic rings. The number of hydrogen-bond acceptors (Lipinski definition) is 4. The van der Waals surface area contributed by atoms with E-state index in [0.717, 1.165) is 12.1 Å². The first-order chi connectivity index (χ1) is 8.81. The molecule has 0 saturated carbocycles. The lowest BCUT2D eigenvalue weighted by Gasteiger charge is -2.06. The molecule has 2 rings (SSSR count). The third-order valence-electron chi connectivity index (χ3n) is 2.46. The Kier molecular flexibility index (Phi) is 4.03. The van der Waals surface area contributed by atoms with Crippen molar-refractivity contribution in [2.75, 3.05) is 13.1 Å². The number of rotatable bonds is 5. The molecule has 6 heteroatoms. The van der Waals surface area contributed by atoms with Crippen molar-refractivity contribution in [3.63, 3.8) is 0 Å². The number of nitrogens with zero attached hydrogens (tertiary/aromatic N) is 3. The van der Waals surface area contributed by atoms with Crippen LogP contribution in [-0.4, -0.2) is 33.8 Å². The summed E-state index contributed by atoms with van der Waals surface area (Å²) in [7, 11) is 0. The average molecular weight is 245 g/mol. The molecule has 0 atom stereocenters. The highest BCUT2D eigenvalue weighted by molar-refractivity contribution is 5.94. The second kappa shape index (κ2) is 5.92. The molecule has 0 unspecified atom stereocenters. The number of nitrogens with one attached hydrogen (secondary N) is 1. The summed E-state index contributed by atoms with van der Waals surface area (Å²) in [4.78, 5) is 15.7. The van der Waals surface area contributed by atoms with Crippen molar-refractivity contribution in [2.24, 2.45) is 5.73 Å². The van der Waals surface area contributed by atoms with Crippen LogP contribution in [0.4, 0.5) is 0 Å². The van der Waals surface area contributed by atoms with Gasteiger partial charge in [-0.1, -0.05) is 6.07 Å². The van der Waals surface area contributed by atoms with Crippen LogP contribution in [0.2, 0.25) is 0 Å². The normalized spacial score (nSPS) is 10.3. The number of nitrogens with two attached hydrogens (primary N) is 1. The van der Waals surface area contributed by atoms with Crippen molar-refractivity contribution < 1.29 is 4.79 Å². The summed E-state index contributed by atoms with van der Waals surface area (Å²) in [5.74, 6) is -0.106. The monoisotopic (exact) mass is 245 g/mol. The highest BCUT2D eigenvalue weighted by Gasteiger charge is 2.06. The van der Waals surface area contributed by atoms with E-state index in [1.165, 1.54) is 6.33 Å². The van der Waals surface area contributed by atoms with Crippen molar-refractivity contribution in [2.45, 2.75) is 6.42 Å². The van der Waals surface area contributed by atoms with Crippen molar-refractivity contribution in [3.8, 4) is 5.69 Å². The third kappa shape index (κ3) is 2.92. The zero-order valence-electron chi connectivity index (χ0n) is 9.91. The van der Waals surface area contributed by atoms with E-state index in [0.29, 0.717) is 18.7 Å². The molecule has 0 fully saturated rings. The predicted molar refractivity (Wildman–Crippen MR) is 67.4 cm³/mol. The van der Waals surface area contributed by atoms with Gasteiger partial charge in [0.05, 0.1) is 5.69 Å².